The molecule has 2 atom stereocenters. The molecule has 0 bridgehead atoms. The molecular weight excluding hydrogens is 806 g/mol. The van der Waals surface area contributed by atoms with E-state index in [-0.39, 0.29) is 12.2 Å². The van der Waals surface area contributed by atoms with E-state index in [2.05, 4.69) is 85.4 Å². The number of hydrazone groups is 1. The minimum atomic E-state index is -1.12. The van der Waals surface area contributed by atoms with E-state index in [1.165, 1.54) is 12.7 Å². The Morgan fingerprint density at radius 1 is 1.07 bits per heavy atom. The number of aliphatic hydroxyl groups is 1. The normalized spacial score (nSPS) is 15.3. The molecule has 0 saturated carbocycles. The molecule has 0 saturated heterocycles. The molecule has 0 aromatic heterocycles. The van der Waals surface area contributed by atoms with Crippen LogP contribution in [0.25, 0.3) is 0 Å². The zero-order chi connectivity index (χ0) is 32.5. The van der Waals surface area contributed by atoms with Crippen molar-refractivity contribution < 1.29 is 33.6 Å². The number of allylic oxidation sites excluding steroid dienone is 1. The van der Waals surface area contributed by atoms with Gasteiger partial charge in [-0.1, -0.05) is 35.9 Å². The van der Waals surface area contributed by atoms with Crippen LogP contribution in [0.4, 0.5) is 4.79 Å². The van der Waals surface area contributed by atoms with Crippen LogP contribution in [0.1, 0.15) is 42.1 Å². The van der Waals surface area contributed by atoms with Crippen LogP contribution < -0.4 is 30.3 Å². The first-order valence-electron chi connectivity index (χ1n) is 14.0. The van der Waals surface area contributed by atoms with Crippen molar-refractivity contribution in [2.75, 3.05) is 20.3 Å². The Bertz CT molecular complexity index is 1590. The third-order valence-corrected chi connectivity index (χ3v) is 8.20. The maximum absolute atomic E-state index is 12.5. The summed E-state index contributed by atoms with van der Waals surface area (Å²) in [5.41, 5.74) is 7.07. The van der Waals surface area contributed by atoms with Crippen molar-refractivity contribution in [1.29, 1.82) is 0 Å². The van der Waals surface area contributed by atoms with Gasteiger partial charge in [0.2, 0.25) is 0 Å². The number of amides is 2. The van der Waals surface area contributed by atoms with E-state index in [1.807, 2.05) is 31.2 Å². The van der Waals surface area contributed by atoms with E-state index in [4.69, 9.17) is 18.9 Å². The van der Waals surface area contributed by atoms with Gasteiger partial charge >= 0.3 is 12.0 Å². The Labute approximate surface area is 289 Å². The number of benzene rings is 3. The van der Waals surface area contributed by atoms with E-state index in [0.717, 1.165) is 24.0 Å². The van der Waals surface area contributed by atoms with Crippen LogP contribution in [0, 0.1) is 14.1 Å². The van der Waals surface area contributed by atoms with Crippen LogP contribution in [0.15, 0.2) is 71.0 Å². The Morgan fingerprint density at radius 2 is 1.82 bits per heavy atom. The number of aryl methyl sites for hydroxylation is 1. The number of methoxy groups -OCH3 is 1. The molecule has 45 heavy (non-hydrogen) atoms. The Balaban J connectivity index is 1.37. The molecule has 238 valence electrons. The molecule has 0 aliphatic carbocycles. The fourth-order valence-electron chi connectivity index (χ4n) is 4.57. The van der Waals surface area contributed by atoms with Gasteiger partial charge in [0.15, 0.2) is 17.7 Å². The average Bonchev–Trinajstić information content (AvgIpc) is 2.99. The first-order chi connectivity index (χ1) is 21.6. The summed E-state index contributed by atoms with van der Waals surface area (Å²) in [7, 11) is 1.28. The van der Waals surface area contributed by atoms with Gasteiger partial charge in [-0.25, -0.2) is 9.59 Å². The van der Waals surface area contributed by atoms with Crippen LogP contribution in [0.5, 0.6) is 17.2 Å². The number of hydrogen-bond donors (Lipinski definition) is 4. The van der Waals surface area contributed by atoms with Gasteiger partial charge in [-0.2, -0.15) is 5.10 Å². The monoisotopic (exact) mass is 840 g/mol. The van der Waals surface area contributed by atoms with Crippen LogP contribution in [-0.2, 0) is 16.1 Å². The van der Waals surface area contributed by atoms with Crippen molar-refractivity contribution in [1.82, 2.24) is 16.1 Å². The minimum absolute atomic E-state index is 0.131. The van der Waals surface area contributed by atoms with Crippen molar-refractivity contribution >= 4 is 63.4 Å². The summed E-state index contributed by atoms with van der Waals surface area (Å²) < 4.78 is 24.5. The maximum Gasteiger partial charge on any atom is 0.337 e. The summed E-state index contributed by atoms with van der Waals surface area (Å²) in [6.45, 7) is 6.20. The lowest BCUT2D eigenvalue weighted by Crippen LogP contribution is -2.45. The number of halogens is 2. The standard InChI is InChI=1S/C32H34I2N4O7/c1-5-43-26-14-22(29-28(31(40)42-4)19(3)36-32(41)37-29)9-10-25(26)44-17-27(39)38-35-15-21-12-23(33)30(24(34)13-21)45-16-20-8-6-7-18(2)11-20/h6-15,27,29,38-39H,5,16-17H2,1-4H3,(H2,36,37,41)/b35-15-/t27-,29+/m0/s1. The predicted octanol–water partition coefficient (Wildman–Crippen LogP) is 5.30. The zero-order valence-corrected chi connectivity index (χ0v) is 29.5. The van der Waals surface area contributed by atoms with Gasteiger partial charge in [-0.05, 0) is 107 Å². The smallest absolute Gasteiger partial charge is 0.337 e. The molecule has 1 aliphatic heterocycles. The first-order valence-corrected chi connectivity index (χ1v) is 16.2. The quantitative estimate of drug-likeness (QED) is 0.0599. The van der Waals surface area contributed by atoms with Gasteiger partial charge in [0, 0.05) is 5.70 Å². The van der Waals surface area contributed by atoms with Crippen molar-refractivity contribution in [3.8, 4) is 17.2 Å². The maximum atomic E-state index is 12.5. The number of nitrogens with zero attached hydrogens (tertiary/aromatic N) is 1. The second kappa shape index (κ2) is 16.1. The molecule has 1 heterocycles. The number of aliphatic hydroxyl groups excluding tert-OH is 1. The third kappa shape index (κ3) is 9.23. The van der Waals surface area contributed by atoms with Gasteiger partial charge in [0.25, 0.3) is 0 Å². The van der Waals surface area contributed by atoms with Gasteiger partial charge in [-0.3, -0.25) is 5.43 Å². The summed E-state index contributed by atoms with van der Waals surface area (Å²) in [4.78, 5) is 24.6. The largest absolute Gasteiger partial charge is 0.490 e. The highest BCUT2D eigenvalue weighted by atomic mass is 127. The molecule has 13 heteroatoms. The molecule has 1 aliphatic rings. The number of ether oxygens (including phenoxy) is 4. The van der Waals surface area contributed by atoms with Crippen LogP contribution in [-0.4, -0.2) is 49.9 Å². The predicted molar refractivity (Wildman–Crippen MR) is 186 cm³/mol. The highest BCUT2D eigenvalue weighted by molar-refractivity contribution is 14.1. The lowest BCUT2D eigenvalue weighted by atomic mass is 9.95. The molecule has 0 unspecified atom stereocenters. The highest BCUT2D eigenvalue weighted by Crippen LogP contribution is 2.35. The molecule has 0 fully saturated rings. The van der Waals surface area contributed by atoms with Gasteiger partial charge in [-0.15, -0.1) is 0 Å². The second-order valence-corrected chi connectivity index (χ2v) is 12.3. The summed E-state index contributed by atoms with van der Waals surface area (Å²) in [5.74, 6) is 0.998. The number of esters is 1. The molecule has 4 rings (SSSR count). The number of hydrogen-bond acceptors (Lipinski definition) is 9. The minimum Gasteiger partial charge on any atom is -0.490 e. The number of carbonyl (C=O) groups excluding carboxylic acids is 2. The number of nitrogens with one attached hydrogen (secondary N) is 3. The third-order valence-electron chi connectivity index (χ3n) is 6.60. The van der Waals surface area contributed by atoms with Crippen molar-refractivity contribution in [3.63, 3.8) is 0 Å². The van der Waals surface area contributed by atoms with Crippen LogP contribution >= 0.6 is 45.2 Å². The second-order valence-electron chi connectivity index (χ2n) is 10.0. The topological polar surface area (TPSA) is 140 Å². The molecular formula is C32H34I2N4O7. The molecule has 3 aromatic carbocycles. The summed E-state index contributed by atoms with van der Waals surface area (Å²) in [5, 5.41) is 20.0. The van der Waals surface area contributed by atoms with Crippen LogP contribution in [0.2, 0.25) is 0 Å². The van der Waals surface area contributed by atoms with E-state index in [1.54, 1.807) is 31.3 Å². The summed E-state index contributed by atoms with van der Waals surface area (Å²) in [6, 6.07) is 16.0. The van der Waals surface area contributed by atoms with E-state index >= 15 is 0 Å². The van der Waals surface area contributed by atoms with E-state index < -0.39 is 24.3 Å². The van der Waals surface area contributed by atoms with Crippen molar-refractivity contribution in [3.05, 3.63) is 95.3 Å². The number of carbonyl (C=O) groups is 2. The lowest BCUT2D eigenvalue weighted by Gasteiger charge is -2.28. The molecule has 4 N–H and O–H groups in total. The summed E-state index contributed by atoms with van der Waals surface area (Å²) in [6.07, 6.45) is 0.491. The molecule has 0 spiro atoms. The molecule has 3 aromatic rings. The molecule has 11 nitrogen and oxygen atoms in total. The fourth-order valence-corrected chi connectivity index (χ4v) is 6.70. The van der Waals surface area contributed by atoms with Crippen molar-refractivity contribution in [2.24, 2.45) is 5.10 Å². The Morgan fingerprint density at radius 3 is 2.51 bits per heavy atom. The number of rotatable bonds is 13. The van der Waals surface area contributed by atoms with Crippen molar-refractivity contribution in [2.45, 2.75) is 39.6 Å². The SMILES string of the molecule is CCOc1cc([C@H]2NC(=O)NC(C)=C2C(=O)OC)ccc1OC[C@H](O)N/N=C\c1cc(I)c(OCc2cccc(C)c2)c(I)c1. The first kappa shape index (κ1) is 34.3. The molecule has 2 amide bonds. The zero-order valence-electron chi connectivity index (χ0n) is 25.1. The van der Waals surface area contributed by atoms with Gasteiger partial charge < -0.3 is 34.7 Å². The van der Waals surface area contributed by atoms with E-state index in [0.29, 0.717) is 36.0 Å². The fraction of sp³-hybridized carbons (Fsp3) is 0.281. The van der Waals surface area contributed by atoms with Gasteiger partial charge in [0.05, 0.1) is 38.7 Å². The van der Waals surface area contributed by atoms with Crippen LogP contribution in [0.3, 0.4) is 0 Å². The lowest BCUT2D eigenvalue weighted by molar-refractivity contribution is -0.136. The Kier molecular flexibility index (Phi) is 12.3. The average molecular weight is 840 g/mol. The molecule has 0 radical (unpaired) electrons. The summed E-state index contributed by atoms with van der Waals surface area (Å²) >= 11 is 4.48. The highest BCUT2D eigenvalue weighted by Gasteiger charge is 2.32. The number of urea groups is 1. The van der Waals surface area contributed by atoms with Gasteiger partial charge in [0.1, 0.15) is 19.0 Å². The Hall–Kier alpha value is -3.57. The van der Waals surface area contributed by atoms with E-state index in [9.17, 15) is 14.7 Å².